The Morgan fingerprint density at radius 3 is 2.66 bits per heavy atom. The van der Waals surface area contributed by atoms with Crippen molar-refractivity contribution < 1.29 is 14.3 Å². The molecule has 44 heavy (non-hydrogen) atoms. The zero-order valence-corrected chi connectivity index (χ0v) is 25.0. The van der Waals surface area contributed by atoms with Crippen molar-refractivity contribution in [1.82, 2.24) is 15.0 Å². The molecule has 1 fully saturated rings. The van der Waals surface area contributed by atoms with Crippen LogP contribution in [0.5, 0.6) is 5.75 Å². The van der Waals surface area contributed by atoms with Gasteiger partial charge in [-0.05, 0) is 54.8 Å². The van der Waals surface area contributed by atoms with Gasteiger partial charge in [0.25, 0.3) is 5.91 Å². The SMILES string of the molecule is CCC(C)Nc1ncc2cc(-c3cccc(NC(=O)c4ccnc(N5CCOCC5)c4)c3)c(OCc3ccccc3)cc2n1. The van der Waals surface area contributed by atoms with Crippen LogP contribution in [-0.2, 0) is 11.3 Å². The molecule has 0 spiro atoms. The first-order valence-electron chi connectivity index (χ1n) is 15.0. The molecule has 2 N–H and O–H groups in total. The predicted octanol–water partition coefficient (Wildman–Crippen LogP) is 6.57. The summed E-state index contributed by atoms with van der Waals surface area (Å²) in [4.78, 5) is 29.2. The molecule has 0 bridgehead atoms. The van der Waals surface area contributed by atoms with Gasteiger partial charge in [0.2, 0.25) is 5.95 Å². The second kappa shape index (κ2) is 13.5. The number of amides is 1. The Morgan fingerprint density at radius 2 is 1.84 bits per heavy atom. The van der Waals surface area contributed by atoms with Gasteiger partial charge in [-0.3, -0.25) is 4.79 Å². The highest BCUT2D eigenvalue weighted by Crippen LogP contribution is 2.36. The van der Waals surface area contributed by atoms with Gasteiger partial charge < -0.3 is 25.0 Å². The first kappa shape index (κ1) is 29.1. The van der Waals surface area contributed by atoms with E-state index >= 15 is 0 Å². The van der Waals surface area contributed by atoms with Crippen LogP contribution in [0.4, 0.5) is 17.5 Å². The number of hydrogen-bond acceptors (Lipinski definition) is 8. The van der Waals surface area contributed by atoms with Crippen LogP contribution in [0, 0.1) is 0 Å². The van der Waals surface area contributed by atoms with Gasteiger partial charge in [-0.1, -0.05) is 49.4 Å². The third kappa shape index (κ3) is 6.95. The minimum atomic E-state index is -0.201. The fraction of sp³-hybridized carbons (Fsp3) is 0.257. The summed E-state index contributed by atoms with van der Waals surface area (Å²) >= 11 is 0. The summed E-state index contributed by atoms with van der Waals surface area (Å²) in [5.74, 6) is 1.86. The van der Waals surface area contributed by atoms with Crippen LogP contribution in [0.2, 0.25) is 0 Å². The smallest absolute Gasteiger partial charge is 0.255 e. The molecule has 0 aliphatic carbocycles. The number of carbonyl (C=O) groups excluding carboxylic acids is 1. The number of benzene rings is 3. The Bertz CT molecular complexity index is 1740. The fourth-order valence-electron chi connectivity index (χ4n) is 5.02. The third-order valence-corrected chi connectivity index (χ3v) is 7.68. The molecule has 3 aromatic carbocycles. The largest absolute Gasteiger partial charge is 0.488 e. The van der Waals surface area contributed by atoms with Gasteiger partial charge in [0.15, 0.2) is 0 Å². The van der Waals surface area contributed by atoms with Gasteiger partial charge in [0, 0.05) is 59.8 Å². The second-order valence-electron chi connectivity index (χ2n) is 10.9. The van der Waals surface area contributed by atoms with Crippen LogP contribution >= 0.6 is 0 Å². The molecular formula is C35H36N6O3. The van der Waals surface area contributed by atoms with Crippen LogP contribution in [-0.4, -0.2) is 53.2 Å². The van der Waals surface area contributed by atoms with E-state index in [2.05, 4.69) is 39.3 Å². The van der Waals surface area contributed by atoms with Crippen LogP contribution < -0.4 is 20.3 Å². The minimum Gasteiger partial charge on any atom is -0.488 e. The summed E-state index contributed by atoms with van der Waals surface area (Å²) in [5.41, 5.74) is 4.86. The third-order valence-electron chi connectivity index (χ3n) is 7.68. The van der Waals surface area contributed by atoms with E-state index in [9.17, 15) is 4.79 Å². The highest BCUT2D eigenvalue weighted by molar-refractivity contribution is 6.05. The number of anilines is 3. The molecule has 9 nitrogen and oxygen atoms in total. The van der Waals surface area contributed by atoms with Crippen molar-refractivity contribution in [2.75, 3.05) is 41.8 Å². The van der Waals surface area contributed by atoms with Crippen LogP contribution in [0.1, 0.15) is 36.2 Å². The van der Waals surface area contributed by atoms with Crippen molar-refractivity contribution >= 4 is 34.3 Å². The van der Waals surface area contributed by atoms with E-state index in [0.29, 0.717) is 42.8 Å². The van der Waals surface area contributed by atoms with E-state index in [4.69, 9.17) is 14.5 Å². The van der Waals surface area contributed by atoms with E-state index in [-0.39, 0.29) is 11.9 Å². The van der Waals surface area contributed by atoms with Gasteiger partial charge in [-0.15, -0.1) is 0 Å². The van der Waals surface area contributed by atoms with Gasteiger partial charge in [0.05, 0.1) is 18.7 Å². The number of morpholine rings is 1. The van der Waals surface area contributed by atoms with E-state index in [0.717, 1.165) is 52.9 Å². The van der Waals surface area contributed by atoms with Crippen molar-refractivity contribution in [3.8, 4) is 16.9 Å². The van der Waals surface area contributed by atoms with Gasteiger partial charge >= 0.3 is 0 Å². The Balaban J connectivity index is 1.29. The Labute approximate surface area is 257 Å². The molecule has 1 atom stereocenters. The fourth-order valence-corrected chi connectivity index (χ4v) is 5.02. The van der Waals surface area contributed by atoms with Gasteiger partial charge in [-0.2, -0.15) is 0 Å². The maximum Gasteiger partial charge on any atom is 0.255 e. The highest BCUT2D eigenvalue weighted by Gasteiger charge is 2.16. The molecule has 2 aromatic heterocycles. The van der Waals surface area contributed by atoms with Crippen molar-refractivity contribution in [3.63, 3.8) is 0 Å². The normalized spacial score (nSPS) is 13.8. The van der Waals surface area contributed by atoms with E-state index in [1.165, 1.54) is 0 Å². The number of nitrogens with one attached hydrogen (secondary N) is 2. The van der Waals surface area contributed by atoms with Crippen LogP contribution in [0.25, 0.3) is 22.0 Å². The molecule has 0 saturated carbocycles. The maximum atomic E-state index is 13.3. The summed E-state index contributed by atoms with van der Waals surface area (Å²) < 4.78 is 11.9. The number of fused-ring (bicyclic) bond motifs is 1. The average molecular weight is 589 g/mol. The summed E-state index contributed by atoms with van der Waals surface area (Å²) in [6.07, 6.45) is 4.47. The summed E-state index contributed by atoms with van der Waals surface area (Å²) in [6.45, 7) is 7.44. The van der Waals surface area contributed by atoms with Crippen molar-refractivity contribution in [3.05, 3.63) is 102 Å². The number of pyridine rings is 1. The number of carbonyl (C=O) groups is 1. The molecule has 1 saturated heterocycles. The van der Waals surface area contributed by atoms with Crippen LogP contribution in [0.3, 0.4) is 0 Å². The minimum absolute atomic E-state index is 0.201. The van der Waals surface area contributed by atoms with Gasteiger partial charge in [0.1, 0.15) is 18.2 Å². The Morgan fingerprint density at radius 1 is 1.00 bits per heavy atom. The van der Waals surface area contributed by atoms with Gasteiger partial charge in [-0.25, -0.2) is 15.0 Å². The summed E-state index contributed by atoms with van der Waals surface area (Å²) in [6, 6.07) is 25.7. The lowest BCUT2D eigenvalue weighted by Gasteiger charge is -2.27. The number of rotatable bonds is 10. The number of ether oxygens (including phenoxy) is 2. The molecule has 224 valence electrons. The highest BCUT2D eigenvalue weighted by atomic mass is 16.5. The molecule has 5 aromatic rings. The lowest BCUT2D eigenvalue weighted by molar-refractivity contribution is 0.102. The number of nitrogens with zero attached hydrogens (tertiary/aromatic N) is 4. The Hall–Kier alpha value is -5.02. The lowest BCUT2D eigenvalue weighted by Crippen LogP contribution is -2.36. The molecule has 0 radical (unpaired) electrons. The average Bonchev–Trinajstić information content (AvgIpc) is 3.08. The first-order chi connectivity index (χ1) is 21.6. The molecular weight excluding hydrogens is 552 g/mol. The molecule has 3 heterocycles. The number of hydrogen-bond donors (Lipinski definition) is 2. The molecule has 6 rings (SSSR count). The molecule has 9 heteroatoms. The predicted molar refractivity (Wildman–Crippen MR) is 174 cm³/mol. The van der Waals surface area contributed by atoms with Crippen molar-refractivity contribution in [2.45, 2.75) is 32.9 Å². The topological polar surface area (TPSA) is 102 Å². The summed E-state index contributed by atoms with van der Waals surface area (Å²) in [7, 11) is 0. The standard InChI is InChI=1S/C35H36N6O3/c1-3-24(2)38-35-37-22-28-19-30(32(21-31(28)40-35)44-23-25-8-5-4-6-9-25)26-10-7-11-29(18-26)39-34(42)27-12-13-36-33(20-27)41-14-16-43-17-15-41/h4-13,18-22,24H,3,14-17,23H2,1-2H3,(H,39,42)(H,37,38,40). The molecule has 1 aliphatic heterocycles. The quantitative estimate of drug-likeness (QED) is 0.189. The van der Waals surface area contributed by atoms with E-state index < -0.39 is 0 Å². The van der Waals surface area contributed by atoms with E-state index in [1.807, 2.05) is 79.0 Å². The van der Waals surface area contributed by atoms with E-state index in [1.54, 1.807) is 12.3 Å². The van der Waals surface area contributed by atoms with Crippen molar-refractivity contribution in [1.29, 1.82) is 0 Å². The molecule has 1 unspecified atom stereocenters. The van der Waals surface area contributed by atoms with Crippen LogP contribution in [0.15, 0.2) is 91.3 Å². The Kier molecular flexibility index (Phi) is 8.93. The monoisotopic (exact) mass is 588 g/mol. The van der Waals surface area contributed by atoms with Crippen molar-refractivity contribution in [2.24, 2.45) is 0 Å². The maximum absolute atomic E-state index is 13.3. The zero-order valence-electron chi connectivity index (χ0n) is 25.0. The zero-order chi connectivity index (χ0) is 30.3. The molecule has 1 amide bonds. The summed E-state index contributed by atoms with van der Waals surface area (Å²) in [5, 5.41) is 7.31. The second-order valence-corrected chi connectivity index (χ2v) is 10.9. The first-order valence-corrected chi connectivity index (χ1v) is 15.0. The lowest BCUT2D eigenvalue weighted by atomic mass is 10.0. The molecule has 1 aliphatic rings. The number of aromatic nitrogens is 3.